The SMILES string of the molecule is CC1=C(CC(=O)O)C2=C(F)C(=O)CCC2N1C(=O)c1ccc(O)s1. The molecule has 1 aliphatic carbocycles. The third kappa shape index (κ3) is 2.52. The molecule has 1 atom stereocenters. The van der Waals surface area contributed by atoms with Crippen LogP contribution in [0.5, 0.6) is 5.06 Å². The molecule has 0 spiro atoms. The lowest BCUT2D eigenvalue weighted by Gasteiger charge is -2.29. The van der Waals surface area contributed by atoms with Gasteiger partial charge in [-0.05, 0) is 31.1 Å². The van der Waals surface area contributed by atoms with Gasteiger partial charge in [-0.2, -0.15) is 0 Å². The Morgan fingerprint density at radius 1 is 1.42 bits per heavy atom. The molecular weight excluding hydrogens is 337 g/mol. The lowest BCUT2D eigenvalue weighted by atomic mass is 9.88. The summed E-state index contributed by atoms with van der Waals surface area (Å²) in [7, 11) is 0. The minimum Gasteiger partial charge on any atom is -0.499 e. The predicted molar refractivity (Wildman–Crippen MR) is 83.3 cm³/mol. The number of hydrogen-bond acceptors (Lipinski definition) is 5. The molecule has 3 rings (SSSR count). The van der Waals surface area contributed by atoms with Crippen LogP contribution < -0.4 is 0 Å². The molecular formula is C16H14FNO5S. The predicted octanol–water partition coefficient (Wildman–Crippen LogP) is 2.61. The van der Waals surface area contributed by atoms with E-state index >= 15 is 0 Å². The van der Waals surface area contributed by atoms with Gasteiger partial charge in [0.1, 0.15) is 0 Å². The van der Waals surface area contributed by atoms with Gasteiger partial charge >= 0.3 is 5.97 Å². The Bertz CT molecular complexity index is 822. The highest BCUT2D eigenvalue weighted by Gasteiger charge is 2.44. The maximum atomic E-state index is 14.4. The van der Waals surface area contributed by atoms with Crippen LogP contribution in [0.4, 0.5) is 4.39 Å². The second kappa shape index (κ2) is 5.86. The molecule has 1 aromatic rings. The summed E-state index contributed by atoms with van der Waals surface area (Å²) in [6.07, 6.45) is -0.254. The van der Waals surface area contributed by atoms with E-state index in [0.717, 1.165) is 11.3 Å². The summed E-state index contributed by atoms with van der Waals surface area (Å²) in [6.45, 7) is 1.55. The molecule has 126 valence electrons. The number of Topliss-reactive ketones (excluding diaryl/α,β-unsaturated/α-hetero) is 1. The Morgan fingerprint density at radius 3 is 2.71 bits per heavy atom. The van der Waals surface area contributed by atoms with E-state index in [-0.39, 0.29) is 33.9 Å². The topological polar surface area (TPSA) is 94.9 Å². The third-order valence-corrected chi connectivity index (χ3v) is 5.12. The molecule has 0 bridgehead atoms. The van der Waals surface area contributed by atoms with Gasteiger partial charge in [-0.3, -0.25) is 14.4 Å². The number of carboxylic acids is 1. The highest BCUT2D eigenvalue weighted by atomic mass is 32.1. The number of carbonyl (C=O) groups is 3. The molecule has 24 heavy (non-hydrogen) atoms. The van der Waals surface area contributed by atoms with Crippen LogP contribution in [0.2, 0.25) is 0 Å². The van der Waals surface area contributed by atoms with Gasteiger partial charge in [-0.15, -0.1) is 0 Å². The van der Waals surface area contributed by atoms with Gasteiger partial charge in [0.05, 0.1) is 17.3 Å². The quantitative estimate of drug-likeness (QED) is 0.873. The van der Waals surface area contributed by atoms with E-state index in [0.29, 0.717) is 5.70 Å². The van der Waals surface area contributed by atoms with E-state index in [4.69, 9.17) is 5.11 Å². The number of rotatable bonds is 3. The lowest BCUT2D eigenvalue weighted by Crippen LogP contribution is -2.38. The average molecular weight is 351 g/mol. The van der Waals surface area contributed by atoms with E-state index in [1.54, 1.807) is 6.92 Å². The fraction of sp³-hybridized carbons (Fsp3) is 0.312. The number of aromatic hydroxyl groups is 1. The highest BCUT2D eigenvalue weighted by molar-refractivity contribution is 7.15. The van der Waals surface area contributed by atoms with Crippen LogP contribution in [-0.2, 0) is 9.59 Å². The summed E-state index contributed by atoms with van der Waals surface area (Å²) < 4.78 is 14.4. The van der Waals surface area contributed by atoms with Crippen molar-refractivity contribution in [3.63, 3.8) is 0 Å². The largest absolute Gasteiger partial charge is 0.499 e. The van der Waals surface area contributed by atoms with Crippen LogP contribution in [0.15, 0.2) is 34.8 Å². The molecule has 0 saturated carbocycles. The molecule has 1 aromatic heterocycles. The summed E-state index contributed by atoms with van der Waals surface area (Å²) >= 11 is 0.889. The van der Waals surface area contributed by atoms with Crippen LogP contribution in [-0.4, -0.2) is 38.8 Å². The van der Waals surface area contributed by atoms with Crippen LogP contribution >= 0.6 is 11.3 Å². The van der Waals surface area contributed by atoms with Crippen molar-refractivity contribution in [2.45, 2.75) is 32.2 Å². The Kier molecular flexibility index (Phi) is 4.00. The van der Waals surface area contributed by atoms with Crippen LogP contribution in [0.25, 0.3) is 0 Å². The van der Waals surface area contributed by atoms with Gasteiger partial charge in [0, 0.05) is 17.7 Å². The normalized spacial score (nSPS) is 20.7. The minimum atomic E-state index is -1.16. The van der Waals surface area contributed by atoms with E-state index in [9.17, 15) is 23.9 Å². The van der Waals surface area contributed by atoms with Gasteiger partial charge in [0.2, 0.25) is 0 Å². The number of thiophene rings is 1. The molecule has 1 amide bonds. The zero-order valence-electron chi connectivity index (χ0n) is 12.7. The Hall–Kier alpha value is -2.48. The number of allylic oxidation sites excluding steroid dienone is 2. The number of amides is 1. The number of hydrogen-bond donors (Lipinski definition) is 2. The van der Waals surface area contributed by atoms with Crippen molar-refractivity contribution in [1.29, 1.82) is 0 Å². The highest BCUT2D eigenvalue weighted by Crippen LogP contribution is 2.44. The maximum absolute atomic E-state index is 14.4. The summed E-state index contributed by atoms with van der Waals surface area (Å²) in [5.74, 6) is -3.22. The van der Waals surface area contributed by atoms with Crippen molar-refractivity contribution < 1.29 is 29.0 Å². The van der Waals surface area contributed by atoms with Crippen molar-refractivity contribution in [3.8, 4) is 5.06 Å². The van der Waals surface area contributed by atoms with Crippen molar-refractivity contribution in [2.24, 2.45) is 0 Å². The van der Waals surface area contributed by atoms with Crippen molar-refractivity contribution in [3.05, 3.63) is 39.7 Å². The zero-order valence-corrected chi connectivity index (χ0v) is 13.5. The van der Waals surface area contributed by atoms with Gasteiger partial charge in [0.15, 0.2) is 16.7 Å². The minimum absolute atomic E-state index is 0.0141. The number of halogens is 1. The van der Waals surface area contributed by atoms with Gasteiger partial charge in [-0.1, -0.05) is 11.3 Å². The number of ketones is 1. The molecule has 6 nitrogen and oxygen atoms in total. The van der Waals surface area contributed by atoms with E-state index in [1.807, 2.05) is 0 Å². The first-order chi connectivity index (χ1) is 11.3. The van der Waals surface area contributed by atoms with Gasteiger partial charge < -0.3 is 15.1 Å². The van der Waals surface area contributed by atoms with Crippen LogP contribution in [0.3, 0.4) is 0 Å². The summed E-state index contributed by atoms with van der Waals surface area (Å²) in [4.78, 5) is 37.2. The smallest absolute Gasteiger partial charge is 0.307 e. The molecule has 2 aliphatic rings. The van der Waals surface area contributed by atoms with Crippen molar-refractivity contribution in [1.82, 2.24) is 4.90 Å². The Labute approximate surface area is 140 Å². The van der Waals surface area contributed by atoms with Crippen molar-refractivity contribution >= 4 is 29.0 Å². The van der Waals surface area contributed by atoms with Crippen LogP contribution in [0.1, 0.15) is 35.9 Å². The summed E-state index contributed by atoms with van der Waals surface area (Å²) in [5, 5.41) is 18.5. The second-order valence-electron chi connectivity index (χ2n) is 5.65. The zero-order chi connectivity index (χ0) is 17.6. The van der Waals surface area contributed by atoms with Gasteiger partial charge in [-0.25, -0.2) is 4.39 Å². The first kappa shape index (κ1) is 16.4. The molecule has 1 unspecified atom stereocenters. The maximum Gasteiger partial charge on any atom is 0.307 e. The molecule has 2 heterocycles. The molecule has 0 aromatic carbocycles. The molecule has 8 heteroatoms. The average Bonchev–Trinajstić information content (AvgIpc) is 3.05. The number of aliphatic carboxylic acids is 1. The fourth-order valence-corrected chi connectivity index (χ4v) is 3.90. The third-order valence-electron chi connectivity index (χ3n) is 4.24. The monoisotopic (exact) mass is 351 g/mol. The number of carbonyl (C=O) groups excluding carboxylic acids is 2. The van der Waals surface area contributed by atoms with E-state index in [2.05, 4.69) is 0 Å². The molecule has 2 N–H and O–H groups in total. The summed E-state index contributed by atoms with van der Waals surface area (Å²) in [6, 6.07) is 2.15. The second-order valence-corrected chi connectivity index (χ2v) is 6.72. The number of nitrogens with zero attached hydrogens (tertiary/aromatic N) is 1. The van der Waals surface area contributed by atoms with Gasteiger partial charge in [0.25, 0.3) is 5.91 Å². The molecule has 0 fully saturated rings. The molecule has 0 radical (unpaired) electrons. The molecule has 1 aliphatic heterocycles. The fourth-order valence-electron chi connectivity index (χ4n) is 3.21. The van der Waals surface area contributed by atoms with Crippen molar-refractivity contribution in [2.75, 3.05) is 0 Å². The Balaban J connectivity index is 2.10. The summed E-state index contributed by atoms with van der Waals surface area (Å²) in [5.41, 5.74) is 0.521. The first-order valence-corrected chi connectivity index (χ1v) is 8.10. The number of fused-ring (bicyclic) bond motifs is 1. The molecule has 0 saturated heterocycles. The standard InChI is InChI=1S/C16H14FNO5S/c1-7-8(6-12(20)21)14-9(2-3-10(19)15(14)17)18(7)16(23)11-4-5-13(22)24-11/h4-5,9,22H,2-3,6H2,1H3,(H,20,21). The van der Waals surface area contributed by atoms with E-state index < -0.39 is 35.9 Å². The number of carboxylic acid groups (broad SMARTS) is 1. The first-order valence-electron chi connectivity index (χ1n) is 7.28. The Morgan fingerprint density at radius 2 is 2.12 bits per heavy atom. The van der Waals surface area contributed by atoms with E-state index in [1.165, 1.54) is 17.0 Å². The van der Waals surface area contributed by atoms with Crippen LogP contribution in [0, 0.1) is 0 Å². The lowest BCUT2D eigenvalue weighted by molar-refractivity contribution is -0.136.